The third-order valence-electron chi connectivity index (χ3n) is 6.07. The molecule has 10 heteroatoms. The molecule has 1 aromatic heterocycles. The highest BCUT2D eigenvalue weighted by molar-refractivity contribution is 5.93. The lowest BCUT2D eigenvalue weighted by Crippen LogP contribution is -2.55. The molecule has 0 unspecified atom stereocenters. The first-order valence-electron chi connectivity index (χ1n) is 10.0. The highest BCUT2D eigenvalue weighted by Crippen LogP contribution is 2.29. The number of hydrogen-bond acceptors (Lipinski definition) is 6. The van der Waals surface area contributed by atoms with E-state index >= 15 is 0 Å². The Kier molecular flexibility index (Phi) is 5.52. The standard InChI is InChI=1S/C20H25FN6O3/c1-12-18(23-24-27(12)14-5-3-13(21)4-6-14)20(30)25(2)15-7-8-16(19(15)29)26-10-9-22-17(28)11-26/h3-6,15-16,19,29H,7-11H2,1-2H3,(H,22,28)/t15-,16-,19-/m1/s1. The van der Waals surface area contributed by atoms with E-state index in [4.69, 9.17) is 0 Å². The van der Waals surface area contributed by atoms with Crippen LogP contribution in [0.5, 0.6) is 0 Å². The maximum atomic E-state index is 13.2. The zero-order valence-corrected chi connectivity index (χ0v) is 17.0. The van der Waals surface area contributed by atoms with Gasteiger partial charge in [0.15, 0.2) is 5.69 Å². The molecule has 2 fully saturated rings. The van der Waals surface area contributed by atoms with E-state index in [1.807, 2.05) is 4.90 Å². The molecule has 160 valence electrons. The summed E-state index contributed by atoms with van der Waals surface area (Å²) in [6.07, 6.45) is 0.590. The van der Waals surface area contributed by atoms with Gasteiger partial charge in [0, 0.05) is 26.2 Å². The second-order valence-electron chi connectivity index (χ2n) is 7.85. The minimum atomic E-state index is -0.753. The van der Waals surface area contributed by atoms with Gasteiger partial charge in [-0.15, -0.1) is 5.10 Å². The van der Waals surface area contributed by atoms with Crippen LogP contribution in [0.4, 0.5) is 4.39 Å². The Balaban J connectivity index is 1.49. The van der Waals surface area contributed by atoms with Crippen molar-refractivity contribution >= 4 is 11.8 Å². The van der Waals surface area contributed by atoms with Gasteiger partial charge < -0.3 is 15.3 Å². The predicted molar refractivity (Wildman–Crippen MR) is 106 cm³/mol. The van der Waals surface area contributed by atoms with Crippen LogP contribution in [0.1, 0.15) is 29.0 Å². The van der Waals surface area contributed by atoms with Crippen molar-refractivity contribution in [3.63, 3.8) is 0 Å². The van der Waals surface area contributed by atoms with Crippen LogP contribution in [0, 0.1) is 12.7 Å². The molecule has 2 amide bonds. The summed E-state index contributed by atoms with van der Waals surface area (Å²) in [5, 5.41) is 21.7. The molecule has 0 bridgehead atoms. The summed E-state index contributed by atoms with van der Waals surface area (Å²) in [4.78, 5) is 28.3. The third kappa shape index (κ3) is 3.68. The van der Waals surface area contributed by atoms with Crippen molar-refractivity contribution < 1.29 is 19.1 Å². The molecule has 2 aliphatic rings. The van der Waals surface area contributed by atoms with Gasteiger partial charge in [-0.3, -0.25) is 14.5 Å². The van der Waals surface area contributed by atoms with Crippen molar-refractivity contribution in [3.05, 3.63) is 41.5 Å². The maximum Gasteiger partial charge on any atom is 0.276 e. The molecule has 1 aromatic carbocycles. The summed E-state index contributed by atoms with van der Waals surface area (Å²) in [6, 6.07) is 5.24. The number of carbonyl (C=O) groups excluding carboxylic acids is 2. The molecule has 1 saturated heterocycles. The smallest absolute Gasteiger partial charge is 0.276 e. The number of amides is 2. The second kappa shape index (κ2) is 8.11. The van der Waals surface area contributed by atoms with E-state index in [1.54, 1.807) is 26.1 Å². The SMILES string of the molecule is Cc1c(C(=O)N(C)[C@@H]2CC[C@@H](N3CCNC(=O)C3)[C@@H]2O)nnn1-c1ccc(F)cc1. The average molecular weight is 416 g/mol. The number of benzene rings is 1. The highest BCUT2D eigenvalue weighted by Gasteiger charge is 2.43. The van der Waals surface area contributed by atoms with Gasteiger partial charge in [-0.1, -0.05) is 5.21 Å². The number of hydrogen-bond donors (Lipinski definition) is 2. The van der Waals surface area contributed by atoms with E-state index < -0.39 is 6.10 Å². The van der Waals surface area contributed by atoms with Crippen LogP contribution in [0.3, 0.4) is 0 Å². The first-order valence-corrected chi connectivity index (χ1v) is 10.0. The molecule has 30 heavy (non-hydrogen) atoms. The lowest BCUT2D eigenvalue weighted by Gasteiger charge is -2.35. The van der Waals surface area contributed by atoms with Gasteiger partial charge in [-0.25, -0.2) is 9.07 Å². The normalized spacial score (nSPS) is 24.7. The quantitative estimate of drug-likeness (QED) is 0.733. The summed E-state index contributed by atoms with van der Waals surface area (Å²) < 4.78 is 14.7. The lowest BCUT2D eigenvalue weighted by atomic mass is 10.1. The Bertz CT molecular complexity index is 947. The number of nitrogens with zero attached hydrogens (tertiary/aromatic N) is 5. The predicted octanol–water partition coefficient (Wildman–Crippen LogP) is 0.111. The second-order valence-corrected chi connectivity index (χ2v) is 7.85. The number of likely N-dealkylation sites (N-methyl/N-ethyl adjacent to an activating group) is 1. The number of rotatable bonds is 4. The van der Waals surface area contributed by atoms with Gasteiger partial charge >= 0.3 is 0 Å². The molecule has 1 saturated carbocycles. The summed E-state index contributed by atoms with van der Waals surface area (Å²) in [5.74, 6) is -0.736. The molecule has 4 rings (SSSR count). The summed E-state index contributed by atoms with van der Waals surface area (Å²) >= 11 is 0. The van der Waals surface area contributed by atoms with E-state index in [0.717, 1.165) is 0 Å². The first-order chi connectivity index (χ1) is 14.4. The van der Waals surface area contributed by atoms with Gasteiger partial charge in [0.25, 0.3) is 5.91 Å². The molecular weight excluding hydrogens is 391 g/mol. The Hall–Kier alpha value is -2.85. The van der Waals surface area contributed by atoms with Crippen molar-refractivity contribution in [3.8, 4) is 5.69 Å². The Labute approximate surface area is 173 Å². The number of aliphatic hydroxyl groups excluding tert-OH is 1. The molecule has 0 spiro atoms. The molecule has 1 aliphatic carbocycles. The van der Waals surface area contributed by atoms with E-state index in [0.29, 0.717) is 37.3 Å². The van der Waals surface area contributed by atoms with Crippen LogP contribution >= 0.6 is 0 Å². The first kappa shape index (κ1) is 20.4. The molecule has 2 heterocycles. The van der Waals surface area contributed by atoms with Gasteiger partial charge in [0.1, 0.15) is 5.82 Å². The molecule has 3 atom stereocenters. The van der Waals surface area contributed by atoms with E-state index in [-0.39, 0.29) is 42.0 Å². The summed E-state index contributed by atoms with van der Waals surface area (Å²) in [5.41, 5.74) is 1.33. The van der Waals surface area contributed by atoms with Crippen LogP contribution < -0.4 is 5.32 Å². The Morgan fingerprint density at radius 2 is 2.03 bits per heavy atom. The molecule has 1 aliphatic heterocycles. The number of aromatic nitrogens is 3. The number of halogens is 1. The lowest BCUT2D eigenvalue weighted by molar-refractivity contribution is -0.125. The summed E-state index contributed by atoms with van der Waals surface area (Å²) in [6.45, 7) is 3.23. The fourth-order valence-electron chi connectivity index (χ4n) is 4.37. The maximum absolute atomic E-state index is 13.2. The Morgan fingerprint density at radius 3 is 2.73 bits per heavy atom. The van der Waals surface area contributed by atoms with Gasteiger partial charge in [0.2, 0.25) is 5.91 Å². The van der Waals surface area contributed by atoms with Crippen molar-refractivity contribution in [2.45, 2.75) is 38.0 Å². The fraction of sp³-hybridized carbons (Fsp3) is 0.500. The van der Waals surface area contributed by atoms with Crippen LogP contribution in [0.15, 0.2) is 24.3 Å². The van der Waals surface area contributed by atoms with Gasteiger partial charge in [-0.05, 0) is 44.0 Å². The number of aliphatic hydroxyl groups is 1. The van der Waals surface area contributed by atoms with Crippen molar-refractivity contribution in [2.24, 2.45) is 0 Å². The molecule has 2 aromatic rings. The largest absolute Gasteiger partial charge is 0.389 e. The van der Waals surface area contributed by atoms with E-state index in [9.17, 15) is 19.1 Å². The van der Waals surface area contributed by atoms with Crippen molar-refractivity contribution in [1.82, 2.24) is 30.1 Å². The Morgan fingerprint density at radius 1 is 1.30 bits per heavy atom. The van der Waals surface area contributed by atoms with Crippen LogP contribution in [0.2, 0.25) is 0 Å². The zero-order chi connectivity index (χ0) is 21.4. The third-order valence-corrected chi connectivity index (χ3v) is 6.07. The van der Waals surface area contributed by atoms with E-state index in [2.05, 4.69) is 15.6 Å². The monoisotopic (exact) mass is 416 g/mol. The summed E-state index contributed by atoms with van der Waals surface area (Å²) in [7, 11) is 1.65. The van der Waals surface area contributed by atoms with Gasteiger partial charge in [0.05, 0.1) is 30.1 Å². The van der Waals surface area contributed by atoms with Crippen LogP contribution in [0.25, 0.3) is 5.69 Å². The van der Waals surface area contributed by atoms with Crippen LogP contribution in [-0.4, -0.2) is 86.6 Å². The fourth-order valence-corrected chi connectivity index (χ4v) is 4.37. The number of nitrogens with one attached hydrogen (secondary N) is 1. The molecule has 0 radical (unpaired) electrons. The van der Waals surface area contributed by atoms with Gasteiger partial charge in [-0.2, -0.15) is 0 Å². The molecule has 2 N–H and O–H groups in total. The zero-order valence-electron chi connectivity index (χ0n) is 17.0. The minimum Gasteiger partial charge on any atom is -0.389 e. The van der Waals surface area contributed by atoms with Crippen molar-refractivity contribution in [2.75, 3.05) is 26.7 Å². The number of carbonyl (C=O) groups is 2. The highest BCUT2D eigenvalue weighted by atomic mass is 19.1. The van der Waals surface area contributed by atoms with E-state index in [1.165, 1.54) is 21.7 Å². The minimum absolute atomic E-state index is 0.0469. The number of piperazine rings is 1. The molecular formula is C20H25FN6O3. The average Bonchev–Trinajstić information content (AvgIpc) is 3.30. The van der Waals surface area contributed by atoms with Crippen molar-refractivity contribution in [1.29, 1.82) is 0 Å². The van der Waals surface area contributed by atoms with Crippen LogP contribution in [-0.2, 0) is 4.79 Å². The molecule has 9 nitrogen and oxygen atoms in total. The topological polar surface area (TPSA) is 104 Å².